The first-order chi connectivity index (χ1) is 9.55. The maximum atomic E-state index is 12.9. The van der Waals surface area contributed by atoms with E-state index in [2.05, 4.69) is 0 Å². The van der Waals surface area contributed by atoms with E-state index in [0.717, 1.165) is 25.7 Å². The molecule has 1 saturated carbocycles. The van der Waals surface area contributed by atoms with Crippen molar-refractivity contribution in [3.05, 3.63) is 0 Å². The van der Waals surface area contributed by atoms with Gasteiger partial charge < -0.3 is 9.47 Å². The minimum absolute atomic E-state index is 0.0956. The molecule has 0 N–H and O–H groups in total. The fourth-order valence-corrected chi connectivity index (χ4v) is 4.90. The minimum Gasteiger partial charge on any atom is -0.457 e. The molecule has 2 saturated heterocycles. The highest BCUT2D eigenvalue weighted by atomic mass is 16.6. The molecule has 3 unspecified atom stereocenters. The first-order valence-corrected chi connectivity index (χ1v) is 8.02. The first kappa shape index (κ1) is 15.0. The van der Waals surface area contributed by atoms with Crippen LogP contribution in [0.5, 0.6) is 0 Å². The largest absolute Gasteiger partial charge is 0.457 e. The number of ether oxygens (including phenoxy) is 2. The van der Waals surface area contributed by atoms with Crippen molar-refractivity contribution >= 4 is 11.8 Å². The monoisotopic (exact) mass is 294 g/mol. The zero-order chi connectivity index (χ0) is 15.7. The molecule has 1 spiro atoms. The van der Waals surface area contributed by atoms with Crippen LogP contribution in [0.15, 0.2) is 0 Å². The average molecular weight is 294 g/mol. The Morgan fingerprint density at radius 1 is 1.29 bits per heavy atom. The van der Waals surface area contributed by atoms with Crippen molar-refractivity contribution in [1.29, 1.82) is 0 Å². The van der Waals surface area contributed by atoms with Gasteiger partial charge in [-0.05, 0) is 46.0 Å². The average Bonchev–Trinajstić information content (AvgIpc) is 2.79. The van der Waals surface area contributed by atoms with Crippen LogP contribution in [0.1, 0.15) is 66.7 Å². The van der Waals surface area contributed by atoms with Crippen LogP contribution in [0.4, 0.5) is 0 Å². The first-order valence-electron chi connectivity index (χ1n) is 8.02. The summed E-state index contributed by atoms with van der Waals surface area (Å²) in [5, 5.41) is 0. The van der Waals surface area contributed by atoms with Crippen molar-refractivity contribution in [3.8, 4) is 0 Å². The Morgan fingerprint density at radius 2 is 1.95 bits per heavy atom. The predicted molar refractivity (Wildman–Crippen MR) is 77.8 cm³/mol. The summed E-state index contributed by atoms with van der Waals surface area (Å²) in [6.07, 6.45) is 4.29. The molecule has 4 nitrogen and oxygen atoms in total. The highest BCUT2D eigenvalue weighted by Crippen LogP contribution is 2.66. The van der Waals surface area contributed by atoms with Crippen LogP contribution in [-0.4, -0.2) is 28.6 Å². The summed E-state index contributed by atoms with van der Waals surface area (Å²) in [5.41, 5.74) is -2.80. The molecule has 0 aromatic rings. The van der Waals surface area contributed by atoms with E-state index >= 15 is 0 Å². The van der Waals surface area contributed by atoms with Crippen molar-refractivity contribution in [2.75, 3.05) is 0 Å². The van der Waals surface area contributed by atoms with Gasteiger partial charge in [0.05, 0.1) is 5.60 Å². The Kier molecular flexibility index (Phi) is 2.93. The maximum absolute atomic E-state index is 12.9. The third-order valence-corrected chi connectivity index (χ3v) is 5.72. The van der Waals surface area contributed by atoms with E-state index in [1.54, 1.807) is 0 Å². The lowest BCUT2D eigenvalue weighted by molar-refractivity contribution is -0.208. The Labute approximate surface area is 126 Å². The number of rotatable bonds is 1. The molecule has 3 aliphatic rings. The highest BCUT2D eigenvalue weighted by molar-refractivity contribution is 6.09. The maximum Gasteiger partial charge on any atom is 0.347 e. The summed E-state index contributed by atoms with van der Waals surface area (Å²) in [5.74, 6) is -0.316. The van der Waals surface area contributed by atoms with Gasteiger partial charge in [0.2, 0.25) is 5.60 Å². The van der Waals surface area contributed by atoms with Gasteiger partial charge >= 0.3 is 5.97 Å². The standard InChI is InChI=1S/C17H26O4/c1-14(2,3)20-13(19)17-12(18)8-10-16(21-17)9-6-7-11(16)15(17,4)5/h11H,6-10H2,1-5H3. The number of carbonyl (C=O) groups excluding carboxylic acids is 2. The fourth-order valence-electron chi connectivity index (χ4n) is 4.90. The lowest BCUT2D eigenvalue weighted by Gasteiger charge is -2.41. The van der Waals surface area contributed by atoms with Gasteiger partial charge in [0.25, 0.3) is 0 Å². The van der Waals surface area contributed by atoms with E-state index in [0.29, 0.717) is 6.42 Å². The minimum atomic E-state index is -1.40. The van der Waals surface area contributed by atoms with E-state index in [9.17, 15) is 9.59 Å². The summed E-state index contributed by atoms with van der Waals surface area (Å²) < 4.78 is 11.9. The van der Waals surface area contributed by atoms with Gasteiger partial charge in [-0.1, -0.05) is 20.3 Å². The topological polar surface area (TPSA) is 52.6 Å². The number of hydrogen-bond donors (Lipinski definition) is 0. The van der Waals surface area contributed by atoms with Crippen molar-refractivity contribution in [2.45, 2.75) is 83.5 Å². The highest BCUT2D eigenvalue weighted by Gasteiger charge is 2.76. The van der Waals surface area contributed by atoms with Gasteiger partial charge in [0.1, 0.15) is 5.60 Å². The molecule has 0 amide bonds. The van der Waals surface area contributed by atoms with Gasteiger partial charge in [-0.25, -0.2) is 4.79 Å². The Bertz CT molecular complexity index is 501. The number of hydrogen-bond acceptors (Lipinski definition) is 4. The molecule has 0 aromatic carbocycles. The summed E-state index contributed by atoms with van der Waals surface area (Å²) >= 11 is 0. The van der Waals surface area contributed by atoms with Gasteiger partial charge in [-0.2, -0.15) is 0 Å². The van der Waals surface area contributed by atoms with Crippen LogP contribution in [0, 0.1) is 11.3 Å². The van der Waals surface area contributed by atoms with Gasteiger partial charge in [-0.3, -0.25) is 4.79 Å². The van der Waals surface area contributed by atoms with Gasteiger partial charge in [-0.15, -0.1) is 0 Å². The van der Waals surface area contributed by atoms with Crippen molar-refractivity contribution in [2.24, 2.45) is 11.3 Å². The predicted octanol–water partition coefficient (Wildman–Crippen LogP) is 3.03. The molecule has 2 heterocycles. The van der Waals surface area contributed by atoms with Crippen LogP contribution in [-0.2, 0) is 19.1 Å². The SMILES string of the molecule is CC(C)(C)OC(=O)C12OC3(CCCC3C1(C)C)CCC2=O. The lowest BCUT2D eigenvalue weighted by atomic mass is 9.65. The molecule has 0 radical (unpaired) electrons. The summed E-state index contributed by atoms with van der Waals surface area (Å²) in [4.78, 5) is 25.6. The second-order valence-electron chi connectivity index (χ2n) is 8.44. The van der Waals surface area contributed by atoms with Crippen LogP contribution < -0.4 is 0 Å². The molecular weight excluding hydrogens is 268 g/mol. The molecule has 3 rings (SSSR count). The molecule has 118 valence electrons. The Morgan fingerprint density at radius 3 is 2.57 bits per heavy atom. The van der Waals surface area contributed by atoms with Crippen LogP contribution in [0.2, 0.25) is 0 Å². The second-order valence-corrected chi connectivity index (χ2v) is 8.44. The van der Waals surface area contributed by atoms with E-state index in [1.165, 1.54) is 0 Å². The van der Waals surface area contributed by atoms with E-state index in [1.807, 2.05) is 34.6 Å². The Balaban J connectivity index is 2.06. The number of fused-ring (bicyclic) bond motifs is 1. The summed E-state index contributed by atoms with van der Waals surface area (Å²) in [6, 6.07) is 0. The zero-order valence-corrected chi connectivity index (χ0v) is 13.7. The molecular formula is C17H26O4. The molecule has 2 bridgehead atoms. The van der Waals surface area contributed by atoms with Crippen molar-refractivity contribution < 1.29 is 19.1 Å². The third-order valence-electron chi connectivity index (χ3n) is 5.72. The van der Waals surface area contributed by atoms with Crippen LogP contribution in [0.3, 0.4) is 0 Å². The second kappa shape index (κ2) is 4.09. The molecule has 3 atom stereocenters. The molecule has 4 heteroatoms. The number of carbonyl (C=O) groups is 2. The van der Waals surface area contributed by atoms with Crippen molar-refractivity contribution in [3.63, 3.8) is 0 Å². The Hall–Kier alpha value is -0.900. The summed E-state index contributed by atoms with van der Waals surface area (Å²) in [6.45, 7) is 9.50. The van der Waals surface area contributed by atoms with E-state index in [4.69, 9.17) is 9.47 Å². The number of ketones is 1. The molecule has 0 aromatic heterocycles. The lowest BCUT2D eigenvalue weighted by Crippen LogP contribution is -2.60. The van der Waals surface area contributed by atoms with Crippen LogP contribution >= 0.6 is 0 Å². The molecule has 3 fully saturated rings. The van der Waals surface area contributed by atoms with Gasteiger partial charge in [0, 0.05) is 11.8 Å². The number of esters is 1. The molecule has 2 aliphatic heterocycles. The van der Waals surface area contributed by atoms with Crippen LogP contribution in [0.25, 0.3) is 0 Å². The zero-order valence-electron chi connectivity index (χ0n) is 13.7. The quantitative estimate of drug-likeness (QED) is 0.551. The van der Waals surface area contributed by atoms with E-state index in [-0.39, 0.29) is 17.3 Å². The number of Topliss-reactive ketones (excluding diaryl/α,β-unsaturated/α-hetero) is 1. The van der Waals surface area contributed by atoms with E-state index < -0.39 is 22.6 Å². The third kappa shape index (κ3) is 1.77. The van der Waals surface area contributed by atoms with Crippen molar-refractivity contribution in [1.82, 2.24) is 0 Å². The fraction of sp³-hybridized carbons (Fsp3) is 0.882. The van der Waals surface area contributed by atoms with Gasteiger partial charge in [0.15, 0.2) is 5.78 Å². The normalized spacial score (nSPS) is 41.0. The smallest absolute Gasteiger partial charge is 0.347 e. The summed E-state index contributed by atoms with van der Waals surface area (Å²) in [7, 11) is 0. The molecule has 1 aliphatic carbocycles. The molecule has 21 heavy (non-hydrogen) atoms.